The minimum absolute atomic E-state index is 0.00438. The number of hydrogen-bond acceptors (Lipinski definition) is 6. The van der Waals surface area contributed by atoms with Crippen LogP contribution in [0.5, 0.6) is 0 Å². The van der Waals surface area contributed by atoms with Gasteiger partial charge in [-0.1, -0.05) is 28.9 Å². The zero-order valence-electron chi connectivity index (χ0n) is 12.5. The molecule has 3 rings (SSSR count). The Bertz CT molecular complexity index is 634. The van der Waals surface area contributed by atoms with Crippen LogP contribution in [-0.2, 0) is 9.47 Å². The van der Waals surface area contributed by atoms with Gasteiger partial charge in [-0.25, -0.2) is 0 Å². The summed E-state index contributed by atoms with van der Waals surface area (Å²) in [4.78, 5) is 6.49. The van der Waals surface area contributed by atoms with E-state index in [9.17, 15) is 0 Å². The molecule has 6 nitrogen and oxygen atoms in total. The molecule has 0 radical (unpaired) electrons. The third-order valence-corrected chi connectivity index (χ3v) is 3.68. The Balaban J connectivity index is 1.78. The monoisotopic (exact) mass is 323 g/mol. The Labute approximate surface area is 134 Å². The third-order valence-electron chi connectivity index (χ3n) is 3.45. The molecule has 118 valence electrons. The minimum Gasteiger partial charge on any atom is -0.382 e. The number of hydrogen-bond donors (Lipinski definition) is 0. The van der Waals surface area contributed by atoms with Gasteiger partial charge in [0.1, 0.15) is 0 Å². The van der Waals surface area contributed by atoms with E-state index in [0.29, 0.717) is 36.6 Å². The fourth-order valence-electron chi connectivity index (χ4n) is 2.57. The second-order valence-electron chi connectivity index (χ2n) is 5.34. The Kier molecular flexibility index (Phi) is 4.61. The van der Waals surface area contributed by atoms with Crippen molar-refractivity contribution in [1.29, 1.82) is 0 Å². The highest BCUT2D eigenvalue weighted by Crippen LogP contribution is 2.24. The fraction of sp³-hybridized carbons (Fsp3) is 0.467. The molecule has 0 amide bonds. The first-order valence-electron chi connectivity index (χ1n) is 7.14. The molecule has 0 saturated carbocycles. The highest BCUT2D eigenvalue weighted by Gasteiger charge is 2.28. The Morgan fingerprint density at radius 3 is 3.05 bits per heavy atom. The Morgan fingerprint density at radius 1 is 1.41 bits per heavy atom. The fourth-order valence-corrected chi connectivity index (χ4v) is 2.76. The van der Waals surface area contributed by atoms with Crippen LogP contribution in [0.4, 0.5) is 6.01 Å². The molecule has 2 heterocycles. The maximum Gasteiger partial charge on any atom is 0.324 e. The first-order chi connectivity index (χ1) is 10.7. The third kappa shape index (κ3) is 3.40. The van der Waals surface area contributed by atoms with E-state index in [4.69, 9.17) is 25.6 Å². The normalized spacial score (nSPS) is 22.0. The summed E-state index contributed by atoms with van der Waals surface area (Å²) >= 11 is 6.00. The van der Waals surface area contributed by atoms with Gasteiger partial charge < -0.3 is 18.9 Å². The number of anilines is 1. The summed E-state index contributed by atoms with van der Waals surface area (Å²) in [5, 5.41) is 4.68. The predicted octanol–water partition coefficient (Wildman–Crippen LogP) is 2.63. The molecule has 2 unspecified atom stereocenters. The van der Waals surface area contributed by atoms with Crippen LogP contribution in [0.3, 0.4) is 0 Å². The quantitative estimate of drug-likeness (QED) is 0.862. The number of ether oxygens (including phenoxy) is 2. The van der Waals surface area contributed by atoms with Crippen molar-refractivity contribution < 1.29 is 14.0 Å². The molecule has 1 aromatic heterocycles. The highest BCUT2D eigenvalue weighted by molar-refractivity contribution is 6.30. The summed E-state index contributed by atoms with van der Waals surface area (Å²) in [5.74, 6) is 0.528. The Morgan fingerprint density at radius 2 is 2.27 bits per heavy atom. The first-order valence-corrected chi connectivity index (χ1v) is 7.52. The van der Waals surface area contributed by atoms with Crippen LogP contribution in [0, 0.1) is 0 Å². The molecular weight excluding hydrogens is 306 g/mol. The number of halogens is 1. The molecular formula is C15H18ClN3O3. The van der Waals surface area contributed by atoms with Gasteiger partial charge in [-0.15, -0.1) is 0 Å². The molecule has 2 atom stereocenters. The van der Waals surface area contributed by atoms with Gasteiger partial charge in [-0.2, -0.15) is 4.98 Å². The van der Waals surface area contributed by atoms with Gasteiger partial charge in [0.15, 0.2) is 0 Å². The van der Waals surface area contributed by atoms with E-state index in [1.165, 1.54) is 0 Å². The smallest absolute Gasteiger partial charge is 0.324 e. The van der Waals surface area contributed by atoms with Crippen LogP contribution in [0.25, 0.3) is 11.4 Å². The lowest BCUT2D eigenvalue weighted by molar-refractivity contribution is -0.0523. The van der Waals surface area contributed by atoms with Crippen LogP contribution in [0.1, 0.15) is 6.92 Å². The van der Waals surface area contributed by atoms with Crippen LogP contribution in [0.2, 0.25) is 5.02 Å². The van der Waals surface area contributed by atoms with E-state index in [-0.39, 0.29) is 12.2 Å². The second kappa shape index (κ2) is 6.64. The van der Waals surface area contributed by atoms with Crippen LogP contribution >= 0.6 is 11.6 Å². The van der Waals surface area contributed by atoms with Crippen LogP contribution in [-0.4, -0.2) is 49.2 Å². The lowest BCUT2D eigenvalue weighted by Gasteiger charge is -2.35. The molecule has 1 fully saturated rings. The van der Waals surface area contributed by atoms with Crippen molar-refractivity contribution >= 4 is 17.6 Å². The number of aromatic nitrogens is 2. The summed E-state index contributed by atoms with van der Waals surface area (Å²) < 4.78 is 16.4. The van der Waals surface area contributed by atoms with Crippen molar-refractivity contribution in [2.24, 2.45) is 0 Å². The van der Waals surface area contributed by atoms with Crippen molar-refractivity contribution in [3.63, 3.8) is 0 Å². The van der Waals surface area contributed by atoms with Crippen molar-refractivity contribution in [3.05, 3.63) is 29.3 Å². The maximum absolute atomic E-state index is 6.00. The summed E-state index contributed by atoms with van der Waals surface area (Å²) in [5.41, 5.74) is 0.831. The van der Waals surface area contributed by atoms with E-state index in [1.807, 2.05) is 36.1 Å². The number of methoxy groups -OCH3 is 1. The van der Waals surface area contributed by atoms with E-state index < -0.39 is 0 Å². The number of benzene rings is 1. The molecule has 22 heavy (non-hydrogen) atoms. The molecule has 1 aliphatic rings. The second-order valence-corrected chi connectivity index (χ2v) is 5.78. The van der Waals surface area contributed by atoms with E-state index in [1.54, 1.807) is 7.11 Å². The summed E-state index contributed by atoms with van der Waals surface area (Å²) in [6.07, 6.45) is 0.0747. The van der Waals surface area contributed by atoms with E-state index in [0.717, 1.165) is 5.56 Å². The molecule has 0 spiro atoms. The average molecular weight is 324 g/mol. The zero-order valence-corrected chi connectivity index (χ0v) is 13.3. The van der Waals surface area contributed by atoms with E-state index >= 15 is 0 Å². The Hall–Kier alpha value is -1.63. The van der Waals surface area contributed by atoms with Gasteiger partial charge >= 0.3 is 6.01 Å². The van der Waals surface area contributed by atoms with Gasteiger partial charge in [0.05, 0.1) is 25.4 Å². The molecule has 1 aromatic carbocycles. The standard InChI is InChI=1S/C15H18ClN3O3/c1-10-7-19(8-13(21-10)9-20-2)15-17-14(18-22-15)11-4-3-5-12(16)6-11/h3-6,10,13H,7-9H2,1-2H3. The molecule has 1 aliphatic heterocycles. The van der Waals surface area contributed by atoms with Crippen LogP contribution < -0.4 is 4.90 Å². The minimum atomic E-state index is -0.00438. The molecule has 0 N–H and O–H groups in total. The van der Waals surface area contributed by atoms with E-state index in [2.05, 4.69) is 10.1 Å². The van der Waals surface area contributed by atoms with Gasteiger partial charge in [0.25, 0.3) is 0 Å². The molecule has 1 saturated heterocycles. The van der Waals surface area contributed by atoms with Gasteiger partial charge in [-0.3, -0.25) is 0 Å². The molecule has 2 aromatic rings. The largest absolute Gasteiger partial charge is 0.382 e. The average Bonchev–Trinajstić information content (AvgIpc) is 2.97. The number of nitrogens with zero attached hydrogens (tertiary/aromatic N) is 3. The van der Waals surface area contributed by atoms with Crippen molar-refractivity contribution in [2.75, 3.05) is 31.7 Å². The predicted molar refractivity (Wildman–Crippen MR) is 83.2 cm³/mol. The van der Waals surface area contributed by atoms with Crippen LogP contribution in [0.15, 0.2) is 28.8 Å². The van der Waals surface area contributed by atoms with Gasteiger partial charge in [0.2, 0.25) is 5.82 Å². The summed E-state index contributed by atoms with van der Waals surface area (Å²) in [6.45, 7) is 3.92. The lowest BCUT2D eigenvalue weighted by Crippen LogP contribution is -2.48. The summed E-state index contributed by atoms with van der Waals surface area (Å²) in [6, 6.07) is 7.87. The van der Waals surface area contributed by atoms with Crippen molar-refractivity contribution in [1.82, 2.24) is 10.1 Å². The van der Waals surface area contributed by atoms with Gasteiger partial charge in [-0.05, 0) is 19.1 Å². The number of morpholine rings is 1. The molecule has 0 aliphatic carbocycles. The SMILES string of the molecule is COCC1CN(c2nc(-c3cccc(Cl)c3)no2)CC(C)O1. The number of rotatable bonds is 4. The lowest BCUT2D eigenvalue weighted by atomic mass is 10.2. The summed E-state index contributed by atoms with van der Waals surface area (Å²) in [7, 11) is 1.66. The molecule has 7 heteroatoms. The maximum atomic E-state index is 6.00. The van der Waals surface area contributed by atoms with Crippen molar-refractivity contribution in [3.8, 4) is 11.4 Å². The topological polar surface area (TPSA) is 60.6 Å². The molecule has 0 bridgehead atoms. The van der Waals surface area contributed by atoms with Gasteiger partial charge in [0, 0.05) is 24.2 Å². The highest BCUT2D eigenvalue weighted by atomic mass is 35.5. The van der Waals surface area contributed by atoms with Crippen molar-refractivity contribution in [2.45, 2.75) is 19.1 Å². The first kappa shape index (κ1) is 15.3. The zero-order chi connectivity index (χ0) is 15.5.